The Labute approximate surface area is 225 Å². The lowest BCUT2D eigenvalue weighted by atomic mass is 10.0. The Bertz CT molecular complexity index is 1700. The highest BCUT2D eigenvalue weighted by atomic mass is 16.5. The summed E-state index contributed by atoms with van der Waals surface area (Å²) in [7, 11) is 0. The summed E-state index contributed by atoms with van der Waals surface area (Å²) in [4.78, 5) is 37.5. The van der Waals surface area contributed by atoms with E-state index in [0.717, 1.165) is 22.4 Å². The topological polar surface area (TPSA) is 84.4 Å². The Balaban J connectivity index is 1.28. The average Bonchev–Trinajstić information content (AvgIpc) is 3.14. The van der Waals surface area contributed by atoms with Gasteiger partial charge in [-0.25, -0.2) is 4.98 Å². The normalized spacial score (nSPS) is 12.0. The molecule has 7 heteroatoms. The molecule has 0 atom stereocenters. The fourth-order valence-corrected chi connectivity index (χ4v) is 4.70. The number of pyridine rings is 2. The minimum Gasteiger partial charge on any atom is -0.436 e. The molecule has 0 unspecified atom stereocenters. The van der Waals surface area contributed by atoms with E-state index in [-0.39, 0.29) is 11.8 Å². The molecule has 3 aromatic carbocycles. The van der Waals surface area contributed by atoms with Gasteiger partial charge >= 0.3 is 0 Å². The number of benzene rings is 3. The number of fused-ring (bicyclic) bond motifs is 2. The van der Waals surface area contributed by atoms with Gasteiger partial charge in [-0.05, 0) is 67.1 Å². The van der Waals surface area contributed by atoms with Crippen LogP contribution in [0.3, 0.4) is 0 Å². The van der Waals surface area contributed by atoms with Crippen LogP contribution in [0.2, 0.25) is 0 Å². The number of nitrogens with zero attached hydrogens (tertiary/aromatic N) is 3. The predicted octanol–water partition coefficient (Wildman–Crippen LogP) is 6.66. The van der Waals surface area contributed by atoms with E-state index in [1.807, 2.05) is 85.8 Å². The van der Waals surface area contributed by atoms with Gasteiger partial charge in [-0.3, -0.25) is 14.6 Å². The van der Waals surface area contributed by atoms with Gasteiger partial charge in [0.25, 0.3) is 11.8 Å². The minimum atomic E-state index is -0.252. The first-order valence-corrected chi connectivity index (χ1v) is 12.5. The van der Waals surface area contributed by atoms with Crippen LogP contribution in [0.1, 0.15) is 31.8 Å². The number of carbonyl (C=O) groups excluding carboxylic acids is 2. The van der Waals surface area contributed by atoms with E-state index < -0.39 is 0 Å². The first kappa shape index (κ1) is 24.1. The van der Waals surface area contributed by atoms with E-state index in [1.165, 1.54) is 0 Å². The summed E-state index contributed by atoms with van der Waals surface area (Å²) >= 11 is 0. The summed E-state index contributed by atoms with van der Waals surface area (Å²) in [5.74, 6) is 0.633. The first-order chi connectivity index (χ1) is 19.1. The molecule has 2 aromatic heterocycles. The number of anilines is 2. The summed E-state index contributed by atoms with van der Waals surface area (Å²) in [6.45, 7) is 2.18. The molecule has 0 fully saturated rings. The maximum absolute atomic E-state index is 13.9. The Morgan fingerprint density at radius 3 is 2.46 bits per heavy atom. The van der Waals surface area contributed by atoms with E-state index in [0.29, 0.717) is 40.7 Å². The van der Waals surface area contributed by atoms with Crippen LogP contribution in [0.5, 0.6) is 11.6 Å². The van der Waals surface area contributed by atoms with Crippen LogP contribution in [-0.2, 0) is 6.54 Å². The molecule has 1 aliphatic heterocycles. The molecule has 3 heterocycles. The van der Waals surface area contributed by atoms with Gasteiger partial charge in [0.05, 0.1) is 17.9 Å². The van der Waals surface area contributed by atoms with Crippen LogP contribution in [-0.4, -0.2) is 21.8 Å². The Hall–Kier alpha value is -5.30. The predicted molar refractivity (Wildman–Crippen MR) is 150 cm³/mol. The van der Waals surface area contributed by atoms with Crippen LogP contribution in [0.15, 0.2) is 109 Å². The molecule has 5 aromatic rings. The molecule has 0 spiro atoms. The van der Waals surface area contributed by atoms with Crippen LogP contribution in [0.4, 0.5) is 11.4 Å². The Morgan fingerprint density at radius 2 is 1.62 bits per heavy atom. The number of aryl methyl sites for hydroxylation is 1. The Morgan fingerprint density at radius 1 is 0.821 bits per heavy atom. The van der Waals surface area contributed by atoms with Gasteiger partial charge in [-0.1, -0.05) is 42.5 Å². The largest absolute Gasteiger partial charge is 0.436 e. The molecule has 2 amide bonds. The molecule has 39 heavy (non-hydrogen) atoms. The molecule has 6 rings (SSSR count). The zero-order valence-corrected chi connectivity index (χ0v) is 21.2. The van der Waals surface area contributed by atoms with Crippen molar-refractivity contribution in [3.8, 4) is 22.9 Å². The highest BCUT2D eigenvalue weighted by Crippen LogP contribution is 2.38. The number of ether oxygens (including phenoxy) is 1. The van der Waals surface area contributed by atoms with Crippen LogP contribution >= 0.6 is 0 Å². The van der Waals surface area contributed by atoms with Crippen molar-refractivity contribution >= 4 is 23.2 Å². The third-order valence-corrected chi connectivity index (χ3v) is 6.61. The van der Waals surface area contributed by atoms with Crippen LogP contribution in [0, 0.1) is 6.92 Å². The second-order valence-corrected chi connectivity index (χ2v) is 9.17. The number of rotatable bonds is 4. The maximum atomic E-state index is 13.9. The number of aromatic nitrogens is 2. The van der Waals surface area contributed by atoms with Crippen molar-refractivity contribution < 1.29 is 14.3 Å². The second kappa shape index (κ2) is 10.2. The molecule has 0 saturated heterocycles. The van der Waals surface area contributed by atoms with E-state index in [2.05, 4.69) is 15.3 Å². The number of hydrogen-bond donors (Lipinski definition) is 1. The minimum absolute atomic E-state index is 0.168. The summed E-state index contributed by atoms with van der Waals surface area (Å²) in [5.41, 5.74) is 5.34. The van der Waals surface area contributed by atoms with E-state index in [1.54, 1.807) is 35.5 Å². The monoisotopic (exact) mass is 512 g/mol. The van der Waals surface area contributed by atoms with E-state index in [9.17, 15) is 9.59 Å². The van der Waals surface area contributed by atoms with E-state index in [4.69, 9.17) is 4.74 Å². The fraction of sp³-hybridized carbons (Fsp3) is 0.0625. The van der Waals surface area contributed by atoms with Crippen molar-refractivity contribution in [1.82, 2.24) is 9.97 Å². The van der Waals surface area contributed by atoms with Crippen molar-refractivity contribution in [3.05, 3.63) is 132 Å². The second-order valence-electron chi connectivity index (χ2n) is 9.17. The van der Waals surface area contributed by atoms with Crippen molar-refractivity contribution in [2.75, 3.05) is 10.2 Å². The fourth-order valence-electron chi connectivity index (χ4n) is 4.70. The van der Waals surface area contributed by atoms with Crippen molar-refractivity contribution in [2.24, 2.45) is 0 Å². The van der Waals surface area contributed by atoms with Crippen LogP contribution in [0.25, 0.3) is 11.3 Å². The average molecular weight is 513 g/mol. The number of hydrogen-bond acceptors (Lipinski definition) is 5. The molecule has 0 aliphatic carbocycles. The molecule has 0 saturated carbocycles. The first-order valence-electron chi connectivity index (χ1n) is 12.5. The maximum Gasteiger partial charge on any atom is 0.258 e. The number of carbonyl (C=O) groups is 2. The van der Waals surface area contributed by atoms with Crippen LogP contribution < -0.4 is 15.0 Å². The van der Waals surface area contributed by atoms with Gasteiger partial charge in [-0.15, -0.1) is 0 Å². The third-order valence-electron chi connectivity index (χ3n) is 6.61. The molecule has 1 aliphatic rings. The lowest BCUT2D eigenvalue weighted by Gasteiger charge is -2.23. The third kappa shape index (κ3) is 4.73. The van der Waals surface area contributed by atoms with Crippen molar-refractivity contribution in [3.63, 3.8) is 0 Å². The summed E-state index contributed by atoms with van der Waals surface area (Å²) in [6.07, 6.45) is 3.37. The molecule has 190 valence electrons. The molecule has 7 nitrogen and oxygen atoms in total. The molecule has 0 bridgehead atoms. The van der Waals surface area contributed by atoms with Gasteiger partial charge in [0.15, 0.2) is 5.75 Å². The lowest BCUT2D eigenvalue weighted by molar-refractivity contribution is 0.0983. The van der Waals surface area contributed by atoms with Gasteiger partial charge in [0.1, 0.15) is 0 Å². The zero-order valence-electron chi connectivity index (χ0n) is 21.2. The molecular formula is C32H24N4O3. The number of nitrogens with one attached hydrogen (secondary N) is 1. The number of para-hydroxylation sites is 2. The number of amides is 2. The smallest absolute Gasteiger partial charge is 0.258 e. The lowest BCUT2D eigenvalue weighted by Crippen LogP contribution is -2.30. The summed E-state index contributed by atoms with van der Waals surface area (Å²) in [5, 5.41) is 2.97. The molecular weight excluding hydrogens is 488 g/mol. The standard InChI is InChI=1S/C32H24N4O3/c1-21-19-23(35-30(37)26-11-3-2-10-25(26)27-12-6-7-17-33-27)15-16-24(21)32(38)36-20-22-9-8-18-34-31(22)39-29-14-5-4-13-28(29)36/h2-19H,20H2,1H3,(H,35,37). The Kier molecular flexibility index (Phi) is 6.31. The SMILES string of the molecule is Cc1cc(NC(=O)c2ccccc2-c2ccccn2)ccc1C(=O)N1Cc2cccnc2Oc2ccccc21. The van der Waals surface area contributed by atoms with Crippen molar-refractivity contribution in [2.45, 2.75) is 13.5 Å². The molecule has 1 N–H and O–H groups in total. The van der Waals surface area contributed by atoms with Crippen molar-refractivity contribution in [1.29, 1.82) is 0 Å². The molecule has 0 radical (unpaired) electrons. The van der Waals surface area contributed by atoms with Gasteiger partial charge in [-0.2, -0.15) is 0 Å². The van der Waals surface area contributed by atoms with Gasteiger partial charge in [0, 0.05) is 40.3 Å². The summed E-state index contributed by atoms with van der Waals surface area (Å²) in [6, 6.07) is 29.4. The van der Waals surface area contributed by atoms with Gasteiger partial charge < -0.3 is 15.0 Å². The van der Waals surface area contributed by atoms with E-state index >= 15 is 0 Å². The van der Waals surface area contributed by atoms with Gasteiger partial charge in [0.2, 0.25) is 5.88 Å². The highest BCUT2D eigenvalue weighted by Gasteiger charge is 2.27. The summed E-state index contributed by atoms with van der Waals surface area (Å²) < 4.78 is 6.04. The highest BCUT2D eigenvalue weighted by molar-refractivity contribution is 6.10. The zero-order chi connectivity index (χ0) is 26.8. The quantitative estimate of drug-likeness (QED) is 0.291.